The highest BCUT2D eigenvalue weighted by atomic mass is 16.6. The molecule has 174 valence electrons. The van der Waals surface area contributed by atoms with Gasteiger partial charge in [-0.1, -0.05) is 30.3 Å². The zero-order valence-corrected chi connectivity index (χ0v) is 18.3. The monoisotopic (exact) mass is 464 g/mol. The summed E-state index contributed by atoms with van der Waals surface area (Å²) in [5, 5.41) is 4.18. The van der Waals surface area contributed by atoms with Gasteiger partial charge in [0, 0.05) is 5.56 Å². The van der Waals surface area contributed by atoms with E-state index in [0.717, 1.165) is 15.7 Å². The van der Waals surface area contributed by atoms with Gasteiger partial charge < -0.3 is 23.9 Å². The lowest BCUT2D eigenvalue weighted by atomic mass is 10.0. The minimum absolute atomic E-state index is 0.0176. The number of methoxy groups -OCH3 is 2. The van der Waals surface area contributed by atoms with Crippen molar-refractivity contribution in [3.63, 3.8) is 0 Å². The second kappa shape index (κ2) is 9.49. The van der Waals surface area contributed by atoms with Crippen molar-refractivity contribution in [1.82, 2.24) is 10.2 Å². The Balaban J connectivity index is 1.64. The molecule has 1 aliphatic rings. The van der Waals surface area contributed by atoms with Gasteiger partial charge in [0.25, 0.3) is 5.91 Å². The first-order valence-corrected chi connectivity index (χ1v) is 10.1. The molecular weight excluding hydrogens is 444 g/mol. The minimum Gasteiger partial charge on any atom is -0.481 e. The molecule has 4 rings (SSSR count). The number of ether oxygens (including phenoxy) is 3. The summed E-state index contributed by atoms with van der Waals surface area (Å²) in [6, 6.07) is 13.1. The van der Waals surface area contributed by atoms with Crippen LogP contribution in [0.25, 0.3) is 16.8 Å². The zero-order valence-electron chi connectivity index (χ0n) is 18.3. The van der Waals surface area contributed by atoms with Gasteiger partial charge in [-0.15, -0.1) is 0 Å². The van der Waals surface area contributed by atoms with E-state index < -0.39 is 23.9 Å². The van der Waals surface area contributed by atoms with E-state index >= 15 is 0 Å². The van der Waals surface area contributed by atoms with E-state index in [1.54, 1.807) is 6.07 Å². The molecule has 10 heteroatoms. The topological polar surface area (TPSA) is 124 Å². The van der Waals surface area contributed by atoms with Crippen LogP contribution in [0.4, 0.5) is 4.79 Å². The second-order valence-corrected chi connectivity index (χ2v) is 7.20. The summed E-state index contributed by atoms with van der Waals surface area (Å²) in [6.07, 6.45) is 1.50. The van der Waals surface area contributed by atoms with E-state index in [-0.39, 0.29) is 30.4 Å². The minimum atomic E-state index is -0.667. The molecule has 0 bridgehead atoms. The molecule has 1 saturated heterocycles. The zero-order chi connectivity index (χ0) is 24.2. The van der Waals surface area contributed by atoms with Crippen LogP contribution in [0.15, 0.2) is 58.6 Å². The molecule has 1 N–H and O–H groups in total. The fraction of sp³-hybridized carbons (Fsp3) is 0.167. The van der Waals surface area contributed by atoms with E-state index in [9.17, 15) is 19.2 Å². The van der Waals surface area contributed by atoms with Crippen molar-refractivity contribution in [2.75, 3.05) is 20.8 Å². The first-order valence-electron chi connectivity index (χ1n) is 10.1. The number of hydrogen-bond acceptors (Lipinski definition) is 8. The van der Waals surface area contributed by atoms with Crippen molar-refractivity contribution in [2.24, 2.45) is 0 Å². The number of nitrogens with zero attached hydrogens (tertiary/aromatic N) is 1. The smallest absolute Gasteiger partial charge is 0.373 e. The van der Waals surface area contributed by atoms with Crippen LogP contribution < -0.4 is 10.1 Å². The van der Waals surface area contributed by atoms with Gasteiger partial charge in [-0.3, -0.25) is 9.69 Å². The van der Waals surface area contributed by atoms with Crippen molar-refractivity contribution < 1.29 is 37.8 Å². The van der Waals surface area contributed by atoms with Crippen LogP contribution in [0.1, 0.15) is 21.9 Å². The molecule has 0 unspecified atom stereocenters. The van der Waals surface area contributed by atoms with E-state index in [1.807, 2.05) is 30.3 Å². The van der Waals surface area contributed by atoms with Crippen molar-refractivity contribution in [2.45, 2.75) is 6.54 Å². The normalized spacial score (nSPS) is 14.4. The Morgan fingerprint density at radius 3 is 2.59 bits per heavy atom. The summed E-state index contributed by atoms with van der Waals surface area (Å²) in [7, 11) is 2.47. The number of carbonyl (C=O) groups is 4. The maximum Gasteiger partial charge on any atom is 0.373 e. The number of amides is 3. The van der Waals surface area contributed by atoms with Crippen molar-refractivity contribution in [3.8, 4) is 5.75 Å². The van der Waals surface area contributed by atoms with Crippen LogP contribution >= 0.6 is 0 Å². The molecular formula is C24H20N2O8. The highest BCUT2D eigenvalue weighted by molar-refractivity contribution is 6.14. The number of carbonyl (C=O) groups excluding carboxylic acids is 4. The first kappa shape index (κ1) is 22.6. The van der Waals surface area contributed by atoms with Gasteiger partial charge in [-0.25, -0.2) is 14.4 Å². The Labute approximate surface area is 193 Å². The Morgan fingerprint density at radius 1 is 1.03 bits per heavy atom. The lowest BCUT2D eigenvalue weighted by Gasteiger charge is -2.12. The molecule has 1 aliphatic heterocycles. The molecule has 1 fully saturated rings. The van der Waals surface area contributed by atoms with Crippen molar-refractivity contribution in [1.29, 1.82) is 0 Å². The summed E-state index contributed by atoms with van der Waals surface area (Å²) in [4.78, 5) is 49.6. The summed E-state index contributed by atoms with van der Waals surface area (Å²) < 4.78 is 20.2. The fourth-order valence-corrected chi connectivity index (χ4v) is 3.43. The number of hydrogen-bond donors (Lipinski definition) is 1. The highest BCUT2D eigenvalue weighted by Gasteiger charge is 2.34. The number of nitrogens with one attached hydrogen (secondary N) is 1. The van der Waals surface area contributed by atoms with E-state index in [2.05, 4.69) is 14.8 Å². The second-order valence-electron chi connectivity index (χ2n) is 7.20. The Kier molecular flexibility index (Phi) is 6.30. The molecule has 0 atom stereocenters. The van der Waals surface area contributed by atoms with Crippen LogP contribution in [0.5, 0.6) is 5.75 Å². The summed E-state index contributed by atoms with van der Waals surface area (Å²) in [6.45, 7) is -0.501. The number of rotatable bonds is 7. The molecule has 0 spiro atoms. The Bertz CT molecular complexity index is 1320. The van der Waals surface area contributed by atoms with Gasteiger partial charge in [0.2, 0.25) is 5.76 Å². The van der Waals surface area contributed by atoms with Crippen LogP contribution in [0.2, 0.25) is 0 Å². The molecule has 34 heavy (non-hydrogen) atoms. The molecule has 3 aromatic rings. The molecule has 2 heterocycles. The predicted octanol–water partition coefficient (Wildman–Crippen LogP) is 2.86. The average Bonchev–Trinajstić information content (AvgIpc) is 3.43. The lowest BCUT2D eigenvalue weighted by molar-refractivity contribution is -0.142. The maximum absolute atomic E-state index is 13.0. The van der Waals surface area contributed by atoms with Crippen LogP contribution in [-0.4, -0.2) is 49.6 Å². The number of benzene rings is 2. The lowest BCUT2D eigenvalue weighted by Crippen LogP contribution is -2.30. The quantitative estimate of drug-likeness (QED) is 0.322. The number of imide groups is 1. The third-order valence-electron chi connectivity index (χ3n) is 5.12. The number of esters is 2. The van der Waals surface area contributed by atoms with Gasteiger partial charge in [0.15, 0.2) is 6.61 Å². The van der Waals surface area contributed by atoms with Crippen molar-refractivity contribution >= 4 is 40.7 Å². The van der Waals surface area contributed by atoms with E-state index in [1.165, 1.54) is 32.4 Å². The Hall–Kier alpha value is -4.60. The number of urea groups is 1. The molecule has 3 amide bonds. The van der Waals surface area contributed by atoms with Gasteiger partial charge >= 0.3 is 18.0 Å². The van der Waals surface area contributed by atoms with Crippen molar-refractivity contribution in [3.05, 3.63) is 71.3 Å². The SMILES string of the molecule is COC(=O)COc1ccc2ccccc2c1/C=C1\NC(=O)N(Cc2ccc(C(=O)OC)o2)C1=O. The van der Waals surface area contributed by atoms with Crippen LogP contribution in [0, 0.1) is 0 Å². The van der Waals surface area contributed by atoms with Gasteiger partial charge in [-0.2, -0.15) is 0 Å². The Morgan fingerprint density at radius 2 is 1.82 bits per heavy atom. The molecule has 10 nitrogen and oxygen atoms in total. The third kappa shape index (κ3) is 4.46. The molecule has 0 saturated carbocycles. The van der Waals surface area contributed by atoms with Gasteiger partial charge in [-0.05, 0) is 35.0 Å². The van der Waals surface area contributed by atoms with Crippen LogP contribution in [0.3, 0.4) is 0 Å². The first-order chi connectivity index (χ1) is 16.4. The molecule has 2 aromatic carbocycles. The third-order valence-corrected chi connectivity index (χ3v) is 5.12. The van der Waals surface area contributed by atoms with E-state index in [0.29, 0.717) is 11.3 Å². The highest BCUT2D eigenvalue weighted by Crippen LogP contribution is 2.31. The molecule has 0 radical (unpaired) electrons. The van der Waals surface area contributed by atoms with Gasteiger partial charge in [0.05, 0.1) is 20.8 Å². The molecule has 1 aromatic heterocycles. The largest absolute Gasteiger partial charge is 0.481 e. The predicted molar refractivity (Wildman–Crippen MR) is 119 cm³/mol. The number of furan rings is 1. The summed E-state index contributed by atoms with van der Waals surface area (Å²) in [5.41, 5.74) is 0.530. The molecule has 0 aliphatic carbocycles. The van der Waals surface area contributed by atoms with E-state index in [4.69, 9.17) is 9.15 Å². The van der Waals surface area contributed by atoms with Gasteiger partial charge in [0.1, 0.15) is 17.2 Å². The van der Waals surface area contributed by atoms with Crippen LogP contribution in [-0.2, 0) is 25.6 Å². The average molecular weight is 464 g/mol. The fourth-order valence-electron chi connectivity index (χ4n) is 3.43. The summed E-state index contributed by atoms with van der Waals surface area (Å²) in [5.74, 6) is -1.29. The maximum atomic E-state index is 13.0. The summed E-state index contributed by atoms with van der Waals surface area (Å²) >= 11 is 0. The number of fused-ring (bicyclic) bond motifs is 1. The standard InChI is InChI=1S/C24H20N2O8/c1-31-21(27)13-33-19-9-7-14-5-3-4-6-16(14)17(19)11-18-22(28)26(24(30)25-18)12-15-8-10-20(34-15)23(29)32-2/h3-11H,12-13H2,1-2H3,(H,25,30)/b18-11-.